The molecule has 2 aromatic rings. The number of hydrogen-bond acceptors (Lipinski definition) is 4. The lowest BCUT2D eigenvalue weighted by Crippen LogP contribution is -2.15. The van der Waals surface area contributed by atoms with E-state index in [1.54, 1.807) is 12.1 Å². The van der Waals surface area contributed by atoms with Gasteiger partial charge in [-0.05, 0) is 36.8 Å². The molecule has 19 heavy (non-hydrogen) atoms. The molecule has 0 unspecified atom stereocenters. The summed E-state index contributed by atoms with van der Waals surface area (Å²) in [5.74, 6) is -0.459. The van der Waals surface area contributed by atoms with Crippen molar-refractivity contribution in [2.75, 3.05) is 10.5 Å². The van der Waals surface area contributed by atoms with Crippen molar-refractivity contribution < 1.29 is 12.8 Å². The molecule has 0 aliphatic heterocycles. The van der Waals surface area contributed by atoms with Crippen LogP contribution in [0.25, 0.3) is 0 Å². The molecular formula is C12H12FN3O2S. The van der Waals surface area contributed by atoms with Crippen LogP contribution in [-0.2, 0) is 10.0 Å². The van der Waals surface area contributed by atoms with Gasteiger partial charge in [0.2, 0.25) is 0 Å². The topological polar surface area (TPSA) is 85.1 Å². The van der Waals surface area contributed by atoms with Crippen molar-refractivity contribution in [2.45, 2.75) is 11.8 Å². The highest BCUT2D eigenvalue weighted by atomic mass is 32.2. The molecule has 0 saturated heterocycles. The third-order valence-electron chi connectivity index (χ3n) is 2.49. The number of pyridine rings is 1. The number of aromatic nitrogens is 1. The molecule has 1 heterocycles. The first-order chi connectivity index (χ1) is 8.90. The number of aryl methyl sites for hydroxylation is 1. The highest BCUT2D eigenvalue weighted by molar-refractivity contribution is 7.92. The number of hydrogen-bond donors (Lipinski definition) is 2. The van der Waals surface area contributed by atoms with Crippen molar-refractivity contribution in [1.82, 2.24) is 4.98 Å². The molecule has 3 N–H and O–H groups in total. The summed E-state index contributed by atoms with van der Waals surface area (Å²) in [6.45, 7) is 1.50. The van der Waals surface area contributed by atoms with Crippen molar-refractivity contribution in [3.05, 3.63) is 47.9 Å². The van der Waals surface area contributed by atoms with E-state index in [9.17, 15) is 12.8 Å². The van der Waals surface area contributed by atoms with Crippen LogP contribution in [0.2, 0.25) is 0 Å². The van der Waals surface area contributed by atoms with Crippen LogP contribution < -0.4 is 10.5 Å². The Labute approximate surface area is 110 Å². The van der Waals surface area contributed by atoms with E-state index in [1.807, 2.05) is 0 Å². The van der Waals surface area contributed by atoms with Gasteiger partial charge in [0, 0.05) is 6.20 Å². The van der Waals surface area contributed by atoms with Crippen LogP contribution in [0.3, 0.4) is 0 Å². The number of nitrogens with two attached hydrogens (primary N) is 1. The molecule has 0 saturated carbocycles. The zero-order valence-electron chi connectivity index (χ0n) is 10.1. The van der Waals surface area contributed by atoms with E-state index in [2.05, 4.69) is 9.71 Å². The fourth-order valence-corrected chi connectivity index (χ4v) is 2.84. The van der Waals surface area contributed by atoms with Gasteiger partial charge in [-0.15, -0.1) is 0 Å². The molecule has 0 aliphatic rings. The molecule has 0 amide bonds. The Morgan fingerprint density at radius 2 is 2.05 bits per heavy atom. The summed E-state index contributed by atoms with van der Waals surface area (Å²) in [4.78, 5) is 3.79. The second-order valence-electron chi connectivity index (χ2n) is 3.96. The van der Waals surface area contributed by atoms with Crippen molar-refractivity contribution in [3.63, 3.8) is 0 Å². The minimum atomic E-state index is -3.84. The first-order valence-electron chi connectivity index (χ1n) is 5.39. The SMILES string of the molecule is Cc1cc(F)c(N)cc1S(=O)(=O)Nc1ccccn1. The van der Waals surface area contributed by atoms with E-state index in [4.69, 9.17) is 5.73 Å². The van der Waals surface area contributed by atoms with Gasteiger partial charge >= 0.3 is 0 Å². The van der Waals surface area contributed by atoms with Gasteiger partial charge < -0.3 is 5.73 Å². The molecule has 0 atom stereocenters. The van der Waals surface area contributed by atoms with E-state index >= 15 is 0 Å². The quantitative estimate of drug-likeness (QED) is 0.842. The maximum atomic E-state index is 13.2. The Kier molecular flexibility index (Phi) is 3.39. The maximum absolute atomic E-state index is 13.2. The summed E-state index contributed by atoms with van der Waals surface area (Å²) in [6.07, 6.45) is 1.46. The molecule has 0 aliphatic carbocycles. The lowest BCUT2D eigenvalue weighted by molar-refractivity contribution is 0.599. The van der Waals surface area contributed by atoms with Gasteiger partial charge in [-0.2, -0.15) is 0 Å². The van der Waals surface area contributed by atoms with E-state index in [0.29, 0.717) is 0 Å². The number of nitrogens with zero attached hydrogens (tertiary/aromatic N) is 1. The average molecular weight is 281 g/mol. The summed E-state index contributed by atoms with van der Waals surface area (Å²) in [5.41, 5.74) is 5.45. The Balaban J connectivity index is 2.43. The normalized spacial score (nSPS) is 11.3. The Hall–Kier alpha value is -2.15. The van der Waals surface area contributed by atoms with E-state index in [-0.39, 0.29) is 22.0 Å². The van der Waals surface area contributed by atoms with Crippen LogP contribution in [0.5, 0.6) is 0 Å². The average Bonchev–Trinajstić information content (AvgIpc) is 2.34. The van der Waals surface area contributed by atoms with Crippen LogP contribution in [0.4, 0.5) is 15.9 Å². The van der Waals surface area contributed by atoms with Crippen molar-refractivity contribution in [2.24, 2.45) is 0 Å². The Bertz CT molecular complexity index is 702. The summed E-state index contributed by atoms with van der Waals surface area (Å²) >= 11 is 0. The fourth-order valence-electron chi connectivity index (χ4n) is 1.57. The molecule has 1 aromatic heterocycles. The smallest absolute Gasteiger partial charge is 0.263 e. The fraction of sp³-hybridized carbons (Fsp3) is 0.0833. The molecule has 7 heteroatoms. The third-order valence-corrected chi connectivity index (χ3v) is 3.98. The molecule has 0 radical (unpaired) electrons. The number of nitrogen functional groups attached to an aromatic ring is 1. The van der Waals surface area contributed by atoms with Crippen LogP contribution in [0, 0.1) is 12.7 Å². The zero-order chi connectivity index (χ0) is 14.0. The molecular weight excluding hydrogens is 269 g/mol. The van der Waals surface area contributed by atoms with Crippen LogP contribution in [0.15, 0.2) is 41.4 Å². The van der Waals surface area contributed by atoms with Crippen LogP contribution in [-0.4, -0.2) is 13.4 Å². The van der Waals surface area contributed by atoms with Gasteiger partial charge in [0.15, 0.2) is 0 Å². The minimum Gasteiger partial charge on any atom is -0.396 e. The second-order valence-corrected chi connectivity index (χ2v) is 5.61. The lowest BCUT2D eigenvalue weighted by atomic mass is 10.2. The van der Waals surface area contributed by atoms with Crippen molar-refractivity contribution >= 4 is 21.5 Å². The highest BCUT2D eigenvalue weighted by Crippen LogP contribution is 2.23. The predicted octanol–water partition coefficient (Wildman–Crippen LogP) is 1.91. The zero-order valence-corrected chi connectivity index (χ0v) is 10.9. The monoisotopic (exact) mass is 281 g/mol. The summed E-state index contributed by atoms with van der Waals surface area (Å²) in [5, 5.41) is 0. The second kappa shape index (κ2) is 4.85. The molecule has 0 bridgehead atoms. The van der Waals surface area contributed by atoms with Gasteiger partial charge in [-0.1, -0.05) is 6.07 Å². The number of rotatable bonds is 3. The van der Waals surface area contributed by atoms with Gasteiger partial charge in [-0.3, -0.25) is 4.72 Å². The molecule has 100 valence electrons. The minimum absolute atomic E-state index is 0.0722. The van der Waals surface area contributed by atoms with Crippen molar-refractivity contribution in [3.8, 4) is 0 Å². The van der Waals surface area contributed by atoms with Crippen LogP contribution >= 0.6 is 0 Å². The predicted molar refractivity (Wildman–Crippen MR) is 70.6 cm³/mol. The number of sulfonamides is 1. The van der Waals surface area contributed by atoms with Gasteiger partial charge in [0.25, 0.3) is 10.0 Å². The number of benzene rings is 1. The molecule has 0 spiro atoms. The van der Waals surface area contributed by atoms with Gasteiger partial charge in [-0.25, -0.2) is 17.8 Å². The molecule has 0 fully saturated rings. The third kappa shape index (κ3) is 2.82. The van der Waals surface area contributed by atoms with E-state index in [0.717, 1.165) is 12.1 Å². The largest absolute Gasteiger partial charge is 0.396 e. The number of halogens is 1. The number of anilines is 2. The van der Waals surface area contributed by atoms with E-state index < -0.39 is 15.8 Å². The Morgan fingerprint density at radius 1 is 1.32 bits per heavy atom. The van der Waals surface area contributed by atoms with Crippen LogP contribution in [0.1, 0.15) is 5.56 Å². The lowest BCUT2D eigenvalue weighted by Gasteiger charge is -2.10. The molecule has 1 aromatic carbocycles. The standard InChI is InChI=1S/C12H12FN3O2S/c1-8-6-9(13)10(14)7-11(8)19(17,18)16-12-4-2-3-5-15-12/h2-7H,14H2,1H3,(H,15,16). The summed E-state index contributed by atoms with van der Waals surface area (Å²) in [7, 11) is -3.84. The van der Waals surface area contributed by atoms with Gasteiger partial charge in [0.1, 0.15) is 11.6 Å². The number of nitrogens with one attached hydrogen (secondary N) is 1. The van der Waals surface area contributed by atoms with E-state index in [1.165, 1.54) is 19.2 Å². The Morgan fingerprint density at radius 3 is 2.68 bits per heavy atom. The van der Waals surface area contributed by atoms with Gasteiger partial charge in [0.05, 0.1) is 10.6 Å². The molecule has 5 nitrogen and oxygen atoms in total. The maximum Gasteiger partial charge on any atom is 0.263 e. The summed E-state index contributed by atoms with van der Waals surface area (Å²) in [6, 6.07) is 7.01. The van der Waals surface area contributed by atoms with Crippen molar-refractivity contribution in [1.29, 1.82) is 0 Å². The first kappa shape index (κ1) is 13.3. The summed E-state index contributed by atoms with van der Waals surface area (Å²) < 4.78 is 39.8. The molecule has 2 rings (SSSR count). The highest BCUT2D eigenvalue weighted by Gasteiger charge is 2.19. The first-order valence-corrected chi connectivity index (χ1v) is 6.88.